The molecule has 1 unspecified atom stereocenters. The van der Waals surface area contributed by atoms with Crippen LogP contribution in [0.15, 0.2) is 72.8 Å². The van der Waals surface area contributed by atoms with Crippen LogP contribution >= 0.6 is 0 Å². The maximum atomic E-state index is 13.4. The van der Waals surface area contributed by atoms with Gasteiger partial charge in [-0.3, -0.25) is 9.59 Å². The molecule has 0 fully saturated rings. The number of benzene rings is 3. The van der Waals surface area contributed by atoms with Crippen LogP contribution in [0.3, 0.4) is 0 Å². The first-order chi connectivity index (χ1) is 15.9. The molecule has 170 valence electrons. The highest BCUT2D eigenvalue weighted by molar-refractivity contribution is 6.08. The molecule has 33 heavy (non-hydrogen) atoms. The number of nitrogens with one attached hydrogen (secondary N) is 2. The summed E-state index contributed by atoms with van der Waals surface area (Å²) in [5.41, 5.74) is 3.14. The normalized spacial score (nSPS) is 17.7. The van der Waals surface area contributed by atoms with Crippen molar-refractivity contribution in [1.29, 1.82) is 0 Å². The van der Waals surface area contributed by atoms with Crippen molar-refractivity contribution in [2.45, 2.75) is 25.4 Å². The lowest BCUT2D eigenvalue weighted by atomic mass is 9.89. The number of carbonyl (C=O) groups is 2. The highest BCUT2D eigenvalue weighted by atomic mass is 16.3. The van der Waals surface area contributed by atoms with E-state index in [2.05, 4.69) is 10.6 Å². The number of hydrogen-bond donors (Lipinski definition) is 3. The van der Waals surface area contributed by atoms with E-state index >= 15 is 0 Å². The monoisotopic (exact) mass is 443 g/mol. The van der Waals surface area contributed by atoms with E-state index in [1.54, 1.807) is 35.2 Å². The first kappa shape index (κ1) is 22.7. The maximum absolute atomic E-state index is 13.4. The number of para-hydroxylation sites is 1. The second-order valence-corrected chi connectivity index (χ2v) is 8.49. The number of amides is 2. The lowest BCUT2D eigenvalue weighted by Crippen LogP contribution is -2.37. The maximum Gasteiger partial charge on any atom is 0.258 e. The predicted octanol–water partition coefficient (Wildman–Crippen LogP) is 4.09. The van der Waals surface area contributed by atoms with Crippen LogP contribution in [-0.4, -0.2) is 37.1 Å². The summed E-state index contributed by atoms with van der Waals surface area (Å²) >= 11 is 0. The molecule has 0 radical (unpaired) electrons. The summed E-state index contributed by atoms with van der Waals surface area (Å²) in [7, 11) is 1.81. The predicted molar refractivity (Wildman–Crippen MR) is 131 cm³/mol. The zero-order chi connectivity index (χ0) is 23.4. The summed E-state index contributed by atoms with van der Waals surface area (Å²) < 4.78 is 0. The van der Waals surface area contributed by atoms with Crippen LogP contribution in [0.1, 0.15) is 44.7 Å². The summed E-state index contributed by atoms with van der Waals surface area (Å²) in [5, 5.41) is 17.2. The van der Waals surface area contributed by atoms with Crippen LogP contribution in [0.2, 0.25) is 0 Å². The lowest BCUT2D eigenvalue weighted by Gasteiger charge is -2.29. The molecule has 0 aliphatic carbocycles. The van der Waals surface area contributed by atoms with Crippen molar-refractivity contribution in [1.82, 2.24) is 5.32 Å². The van der Waals surface area contributed by atoms with Crippen LogP contribution in [-0.2, 0) is 5.60 Å². The Morgan fingerprint density at radius 2 is 1.70 bits per heavy atom. The summed E-state index contributed by atoms with van der Waals surface area (Å²) in [6.07, 6.45) is 1.25. The van der Waals surface area contributed by atoms with Gasteiger partial charge >= 0.3 is 0 Å². The van der Waals surface area contributed by atoms with Crippen LogP contribution in [0.5, 0.6) is 0 Å². The van der Waals surface area contributed by atoms with Gasteiger partial charge in [-0.05, 0) is 68.8 Å². The second-order valence-electron chi connectivity index (χ2n) is 8.49. The Morgan fingerprint density at radius 3 is 2.42 bits per heavy atom. The summed E-state index contributed by atoms with van der Waals surface area (Å²) in [5.74, 6) is -0.314. The number of nitrogens with zero attached hydrogens (tertiary/aromatic N) is 1. The zero-order valence-corrected chi connectivity index (χ0v) is 19.0. The molecule has 0 bridgehead atoms. The van der Waals surface area contributed by atoms with Crippen molar-refractivity contribution >= 4 is 23.2 Å². The first-order valence-corrected chi connectivity index (χ1v) is 11.2. The molecule has 3 N–H and O–H groups in total. The van der Waals surface area contributed by atoms with Crippen molar-refractivity contribution in [2.24, 2.45) is 0 Å². The number of rotatable bonds is 5. The molecule has 3 aromatic rings. The van der Waals surface area contributed by atoms with Gasteiger partial charge in [-0.25, -0.2) is 0 Å². The van der Waals surface area contributed by atoms with Crippen molar-refractivity contribution in [3.05, 3.63) is 95.1 Å². The van der Waals surface area contributed by atoms with Gasteiger partial charge in [-0.1, -0.05) is 36.4 Å². The lowest BCUT2D eigenvalue weighted by molar-refractivity contribution is 0.0307. The van der Waals surface area contributed by atoms with Crippen molar-refractivity contribution in [3.63, 3.8) is 0 Å². The number of anilines is 2. The second kappa shape index (κ2) is 9.57. The highest BCUT2D eigenvalue weighted by Crippen LogP contribution is 2.37. The van der Waals surface area contributed by atoms with Crippen molar-refractivity contribution < 1.29 is 14.7 Å². The van der Waals surface area contributed by atoms with E-state index in [9.17, 15) is 14.7 Å². The Hall–Kier alpha value is -3.48. The molecule has 0 spiro atoms. The fraction of sp³-hybridized carbons (Fsp3) is 0.259. The quantitative estimate of drug-likeness (QED) is 0.555. The average molecular weight is 444 g/mol. The summed E-state index contributed by atoms with van der Waals surface area (Å²) in [4.78, 5) is 27.7. The van der Waals surface area contributed by atoms with Gasteiger partial charge < -0.3 is 20.6 Å². The number of carbonyl (C=O) groups excluding carboxylic acids is 2. The minimum absolute atomic E-state index is 0.132. The molecule has 1 aliphatic heterocycles. The van der Waals surface area contributed by atoms with Gasteiger partial charge in [-0.2, -0.15) is 0 Å². The molecule has 1 aliphatic rings. The molecule has 0 aromatic heterocycles. The van der Waals surface area contributed by atoms with E-state index in [0.29, 0.717) is 42.7 Å². The van der Waals surface area contributed by atoms with E-state index < -0.39 is 5.60 Å². The average Bonchev–Trinajstić information content (AvgIpc) is 2.96. The van der Waals surface area contributed by atoms with Crippen LogP contribution in [0.4, 0.5) is 11.4 Å². The van der Waals surface area contributed by atoms with Gasteiger partial charge in [-0.15, -0.1) is 0 Å². The number of hydrogen-bond acceptors (Lipinski definition) is 4. The van der Waals surface area contributed by atoms with E-state index in [0.717, 1.165) is 16.8 Å². The minimum Gasteiger partial charge on any atom is -0.384 e. The van der Waals surface area contributed by atoms with Gasteiger partial charge in [0.15, 0.2) is 0 Å². The summed E-state index contributed by atoms with van der Waals surface area (Å²) in [6, 6.07) is 21.9. The van der Waals surface area contributed by atoms with Crippen LogP contribution in [0, 0.1) is 6.92 Å². The molecule has 0 saturated heterocycles. The van der Waals surface area contributed by atoms with Gasteiger partial charge in [0.05, 0.1) is 5.69 Å². The third-order valence-corrected chi connectivity index (χ3v) is 6.16. The van der Waals surface area contributed by atoms with E-state index in [-0.39, 0.29) is 11.8 Å². The van der Waals surface area contributed by atoms with E-state index in [4.69, 9.17) is 0 Å². The molecule has 2 amide bonds. The molecular weight excluding hydrogens is 414 g/mol. The number of fused-ring (bicyclic) bond motifs is 1. The largest absolute Gasteiger partial charge is 0.384 e. The molecule has 6 nitrogen and oxygen atoms in total. The third-order valence-electron chi connectivity index (χ3n) is 6.16. The first-order valence-electron chi connectivity index (χ1n) is 11.2. The number of aryl methyl sites for hydroxylation is 1. The number of aliphatic hydroxyl groups is 1. The molecular formula is C27H29N3O3. The third kappa shape index (κ3) is 4.67. The molecule has 4 rings (SSSR count). The van der Waals surface area contributed by atoms with Crippen molar-refractivity contribution in [2.75, 3.05) is 30.4 Å². The smallest absolute Gasteiger partial charge is 0.258 e. The van der Waals surface area contributed by atoms with Gasteiger partial charge in [0, 0.05) is 35.5 Å². The van der Waals surface area contributed by atoms with Gasteiger partial charge in [0.25, 0.3) is 11.8 Å². The SMILES string of the molecule is CNCC1(O)CCCN(C(=O)c2ccc(NC(=O)c3ccccc3C)cc2)c2ccccc21. The van der Waals surface area contributed by atoms with E-state index in [1.165, 1.54) is 0 Å². The standard InChI is InChI=1S/C27H29N3O3/c1-19-8-3-4-9-22(19)25(31)29-21-14-12-20(13-15-21)26(32)30-17-7-16-27(33,18-28-2)23-10-5-6-11-24(23)30/h3-6,8-15,28,33H,7,16-18H2,1-2H3,(H,29,31). The Bertz CT molecular complexity index is 1160. The zero-order valence-electron chi connectivity index (χ0n) is 19.0. The molecule has 1 atom stereocenters. The fourth-order valence-corrected chi connectivity index (χ4v) is 4.45. The van der Waals surface area contributed by atoms with Gasteiger partial charge in [0.2, 0.25) is 0 Å². The molecule has 0 saturated carbocycles. The Balaban J connectivity index is 1.55. The van der Waals surface area contributed by atoms with Crippen molar-refractivity contribution in [3.8, 4) is 0 Å². The number of likely N-dealkylation sites (N-methyl/N-ethyl adjacent to an activating group) is 1. The topological polar surface area (TPSA) is 81.7 Å². The molecule has 3 aromatic carbocycles. The van der Waals surface area contributed by atoms with E-state index in [1.807, 2.05) is 56.4 Å². The van der Waals surface area contributed by atoms with Gasteiger partial charge in [0.1, 0.15) is 5.60 Å². The molecule has 6 heteroatoms. The highest BCUT2D eigenvalue weighted by Gasteiger charge is 2.36. The van der Waals surface area contributed by atoms with Crippen LogP contribution in [0.25, 0.3) is 0 Å². The van der Waals surface area contributed by atoms with Crippen LogP contribution < -0.4 is 15.5 Å². The fourth-order valence-electron chi connectivity index (χ4n) is 4.45. The minimum atomic E-state index is -1.02. The Labute approximate surface area is 194 Å². The Kier molecular flexibility index (Phi) is 6.58. The molecule has 1 heterocycles. The Morgan fingerprint density at radius 1 is 1.00 bits per heavy atom. The summed E-state index contributed by atoms with van der Waals surface area (Å²) in [6.45, 7) is 2.84.